The number of hydrogen-bond acceptors (Lipinski definition) is 2. The summed E-state index contributed by atoms with van der Waals surface area (Å²) >= 11 is 3.38. The Morgan fingerprint density at radius 2 is 2.67 bits per heavy atom. The van der Waals surface area contributed by atoms with Crippen molar-refractivity contribution in [3.63, 3.8) is 0 Å². The van der Waals surface area contributed by atoms with Gasteiger partial charge < -0.3 is 5.32 Å². The zero-order valence-electron chi connectivity index (χ0n) is 6.83. The first-order chi connectivity index (χ1) is 5.84. The molecule has 66 valence electrons. The maximum atomic E-state index is 4.21. The lowest BCUT2D eigenvalue weighted by Gasteiger charge is -2.08. The average molecular weight is 230 g/mol. The van der Waals surface area contributed by atoms with Crippen LogP contribution < -0.4 is 5.32 Å². The maximum absolute atomic E-state index is 4.21. The Bertz CT molecular complexity index is 253. The number of rotatable bonds is 2. The lowest BCUT2D eigenvalue weighted by molar-refractivity contribution is 0.476. The van der Waals surface area contributed by atoms with Gasteiger partial charge in [0.25, 0.3) is 0 Å². The molecule has 12 heavy (non-hydrogen) atoms. The fraction of sp³-hybridized carbons (Fsp3) is 0.625. The molecule has 1 aromatic heterocycles. The van der Waals surface area contributed by atoms with Gasteiger partial charge in [-0.05, 0) is 35.3 Å². The lowest BCUT2D eigenvalue weighted by atomic mass is 10.2. The van der Waals surface area contributed by atoms with Crippen molar-refractivity contribution in [3.8, 4) is 0 Å². The number of nitrogens with one attached hydrogen (secondary N) is 1. The molecule has 1 aromatic rings. The van der Waals surface area contributed by atoms with Crippen molar-refractivity contribution in [2.45, 2.75) is 25.4 Å². The molecular formula is C8H12BrN3. The fourth-order valence-electron chi connectivity index (χ4n) is 1.58. The molecule has 3 nitrogen and oxygen atoms in total. The quantitative estimate of drug-likeness (QED) is 0.832. The molecule has 1 aliphatic rings. The van der Waals surface area contributed by atoms with Crippen molar-refractivity contribution in [1.29, 1.82) is 0 Å². The van der Waals surface area contributed by atoms with E-state index in [9.17, 15) is 0 Å². The summed E-state index contributed by atoms with van der Waals surface area (Å²) in [7, 11) is 0. The van der Waals surface area contributed by atoms with Crippen LogP contribution in [-0.4, -0.2) is 22.4 Å². The minimum absolute atomic E-state index is 0.622. The molecule has 0 bridgehead atoms. The first-order valence-corrected chi connectivity index (χ1v) is 5.05. The molecule has 2 rings (SSSR count). The second-order valence-corrected chi connectivity index (χ2v) is 4.09. The van der Waals surface area contributed by atoms with Crippen molar-refractivity contribution in [1.82, 2.24) is 15.1 Å². The first kappa shape index (κ1) is 8.26. The fourth-order valence-corrected chi connectivity index (χ4v) is 1.90. The summed E-state index contributed by atoms with van der Waals surface area (Å²) in [5, 5.41) is 7.65. The molecule has 0 aliphatic carbocycles. The average Bonchev–Trinajstić information content (AvgIpc) is 2.63. The van der Waals surface area contributed by atoms with Gasteiger partial charge in [-0.25, -0.2) is 0 Å². The van der Waals surface area contributed by atoms with Gasteiger partial charge in [0.1, 0.15) is 0 Å². The molecule has 1 atom stereocenters. The van der Waals surface area contributed by atoms with Gasteiger partial charge in [0, 0.05) is 12.2 Å². The Hall–Kier alpha value is -0.350. The monoisotopic (exact) mass is 229 g/mol. The van der Waals surface area contributed by atoms with E-state index in [2.05, 4.69) is 26.3 Å². The number of hydrogen-bond donors (Lipinski definition) is 1. The van der Waals surface area contributed by atoms with Gasteiger partial charge >= 0.3 is 0 Å². The van der Waals surface area contributed by atoms with Crippen molar-refractivity contribution < 1.29 is 0 Å². The van der Waals surface area contributed by atoms with E-state index in [1.165, 1.54) is 12.8 Å². The third-order valence-electron chi connectivity index (χ3n) is 2.17. The molecule has 0 saturated carbocycles. The molecule has 0 aromatic carbocycles. The molecule has 1 fully saturated rings. The summed E-state index contributed by atoms with van der Waals surface area (Å²) in [6.45, 7) is 2.15. The van der Waals surface area contributed by atoms with E-state index in [-0.39, 0.29) is 0 Å². The molecule has 0 amide bonds. The molecule has 2 heterocycles. The van der Waals surface area contributed by atoms with E-state index >= 15 is 0 Å². The van der Waals surface area contributed by atoms with Crippen LogP contribution in [0.2, 0.25) is 0 Å². The smallest absolute Gasteiger partial charge is 0.0632 e. The largest absolute Gasteiger partial charge is 0.312 e. The van der Waals surface area contributed by atoms with Crippen molar-refractivity contribution >= 4 is 15.9 Å². The molecule has 0 unspecified atom stereocenters. The number of halogens is 1. The highest BCUT2D eigenvalue weighted by Gasteiger charge is 2.14. The third kappa shape index (κ3) is 1.87. The second kappa shape index (κ2) is 3.58. The van der Waals surface area contributed by atoms with Crippen molar-refractivity contribution in [2.75, 3.05) is 6.54 Å². The predicted molar refractivity (Wildman–Crippen MR) is 51.0 cm³/mol. The summed E-state index contributed by atoms with van der Waals surface area (Å²) in [6.07, 6.45) is 6.42. The molecule has 1 aliphatic heterocycles. The van der Waals surface area contributed by atoms with Crippen molar-refractivity contribution in [3.05, 3.63) is 16.9 Å². The van der Waals surface area contributed by atoms with Gasteiger partial charge in [0.05, 0.1) is 17.2 Å². The SMILES string of the molecule is Brc1cnn(C[C@H]2CCCN2)c1. The van der Waals surface area contributed by atoms with E-state index in [4.69, 9.17) is 0 Å². The molecule has 4 heteroatoms. The molecule has 1 N–H and O–H groups in total. The van der Waals surface area contributed by atoms with Crippen LogP contribution in [0.5, 0.6) is 0 Å². The van der Waals surface area contributed by atoms with Crippen LogP contribution in [0.15, 0.2) is 16.9 Å². The summed E-state index contributed by atoms with van der Waals surface area (Å²) in [4.78, 5) is 0. The Kier molecular flexibility index (Phi) is 2.46. The normalized spacial score (nSPS) is 23.2. The summed E-state index contributed by atoms with van der Waals surface area (Å²) in [6, 6.07) is 0.622. The highest BCUT2D eigenvalue weighted by Crippen LogP contribution is 2.10. The Balaban J connectivity index is 1.94. The van der Waals surface area contributed by atoms with Gasteiger partial charge in [0.15, 0.2) is 0 Å². The number of aromatic nitrogens is 2. The summed E-state index contributed by atoms with van der Waals surface area (Å²) in [5.41, 5.74) is 0. The Morgan fingerprint density at radius 3 is 3.25 bits per heavy atom. The Morgan fingerprint density at radius 1 is 1.75 bits per heavy atom. The lowest BCUT2D eigenvalue weighted by Crippen LogP contribution is -2.26. The first-order valence-electron chi connectivity index (χ1n) is 4.26. The minimum Gasteiger partial charge on any atom is -0.312 e. The van der Waals surface area contributed by atoms with Gasteiger partial charge in [-0.15, -0.1) is 0 Å². The minimum atomic E-state index is 0.622. The van der Waals surface area contributed by atoms with Crippen LogP contribution in [-0.2, 0) is 6.54 Å². The molecule has 0 radical (unpaired) electrons. The van der Waals surface area contributed by atoms with Crippen LogP contribution in [0.1, 0.15) is 12.8 Å². The standard InChI is InChI=1S/C8H12BrN3/c9-7-4-11-12(5-7)6-8-2-1-3-10-8/h4-5,8,10H,1-3,6H2/t8-/m1/s1. The van der Waals surface area contributed by atoms with E-state index in [0.29, 0.717) is 6.04 Å². The highest BCUT2D eigenvalue weighted by molar-refractivity contribution is 9.10. The number of nitrogens with zero attached hydrogens (tertiary/aromatic N) is 2. The van der Waals surface area contributed by atoms with Gasteiger partial charge in [-0.3, -0.25) is 4.68 Å². The van der Waals surface area contributed by atoms with Crippen LogP contribution in [0, 0.1) is 0 Å². The van der Waals surface area contributed by atoms with Gasteiger partial charge in [-0.2, -0.15) is 5.10 Å². The maximum Gasteiger partial charge on any atom is 0.0632 e. The van der Waals surface area contributed by atoms with Gasteiger partial charge in [0.2, 0.25) is 0 Å². The van der Waals surface area contributed by atoms with Crippen LogP contribution >= 0.6 is 15.9 Å². The van der Waals surface area contributed by atoms with Crippen LogP contribution in [0.4, 0.5) is 0 Å². The zero-order valence-corrected chi connectivity index (χ0v) is 8.42. The Labute approximate surface area is 80.3 Å². The summed E-state index contributed by atoms with van der Waals surface area (Å²) < 4.78 is 3.04. The molecule has 0 spiro atoms. The third-order valence-corrected chi connectivity index (χ3v) is 2.58. The van der Waals surface area contributed by atoms with E-state index in [1.807, 2.05) is 17.1 Å². The summed E-state index contributed by atoms with van der Waals surface area (Å²) in [5.74, 6) is 0. The van der Waals surface area contributed by atoms with Gasteiger partial charge in [-0.1, -0.05) is 0 Å². The molecule has 1 saturated heterocycles. The topological polar surface area (TPSA) is 29.9 Å². The zero-order chi connectivity index (χ0) is 8.39. The second-order valence-electron chi connectivity index (χ2n) is 3.17. The molecular weight excluding hydrogens is 218 g/mol. The van der Waals surface area contributed by atoms with Crippen LogP contribution in [0.25, 0.3) is 0 Å². The predicted octanol–water partition coefficient (Wildman–Crippen LogP) is 1.40. The van der Waals surface area contributed by atoms with Crippen molar-refractivity contribution in [2.24, 2.45) is 0 Å². The van der Waals surface area contributed by atoms with Crippen LogP contribution in [0.3, 0.4) is 0 Å². The highest BCUT2D eigenvalue weighted by atomic mass is 79.9. The van der Waals surface area contributed by atoms with E-state index in [0.717, 1.165) is 17.6 Å². The van der Waals surface area contributed by atoms with E-state index < -0.39 is 0 Å². The van der Waals surface area contributed by atoms with E-state index in [1.54, 1.807) is 0 Å².